The van der Waals surface area contributed by atoms with Gasteiger partial charge in [-0.05, 0) is 23.5 Å². The zero-order chi connectivity index (χ0) is 13.9. The number of furan rings is 1. The maximum absolute atomic E-state index is 11.7. The van der Waals surface area contributed by atoms with Gasteiger partial charge in [0.1, 0.15) is 5.58 Å². The lowest BCUT2D eigenvalue weighted by molar-refractivity contribution is -0.122. The number of fused-ring (bicyclic) bond motifs is 1. The van der Waals surface area contributed by atoms with Crippen molar-refractivity contribution in [2.75, 3.05) is 6.54 Å². The van der Waals surface area contributed by atoms with Gasteiger partial charge in [0.05, 0.1) is 6.26 Å². The minimum atomic E-state index is 0.0341. The van der Waals surface area contributed by atoms with Crippen LogP contribution < -0.4 is 5.32 Å². The SMILES string of the molecule is CC(C)(C)CC(=O)NCCc1coc2ccccc12. The van der Waals surface area contributed by atoms with Gasteiger partial charge in [0.15, 0.2) is 0 Å². The zero-order valence-electron chi connectivity index (χ0n) is 11.8. The van der Waals surface area contributed by atoms with Crippen LogP contribution in [-0.2, 0) is 11.2 Å². The van der Waals surface area contributed by atoms with Crippen LogP contribution in [0.1, 0.15) is 32.8 Å². The smallest absolute Gasteiger partial charge is 0.220 e. The highest BCUT2D eigenvalue weighted by Crippen LogP contribution is 2.21. The first-order valence-electron chi connectivity index (χ1n) is 6.67. The fourth-order valence-electron chi connectivity index (χ4n) is 2.11. The Morgan fingerprint density at radius 3 is 2.74 bits per heavy atom. The maximum Gasteiger partial charge on any atom is 0.220 e. The molecule has 0 radical (unpaired) electrons. The van der Waals surface area contributed by atoms with E-state index in [0.29, 0.717) is 13.0 Å². The van der Waals surface area contributed by atoms with Gasteiger partial charge in [-0.1, -0.05) is 39.0 Å². The number of carbonyl (C=O) groups excluding carboxylic acids is 1. The summed E-state index contributed by atoms with van der Waals surface area (Å²) in [5.74, 6) is 0.111. The van der Waals surface area contributed by atoms with Crippen LogP contribution in [0.4, 0.5) is 0 Å². The van der Waals surface area contributed by atoms with E-state index in [1.54, 1.807) is 6.26 Å². The van der Waals surface area contributed by atoms with Crippen molar-refractivity contribution in [1.29, 1.82) is 0 Å². The molecule has 0 aliphatic heterocycles. The molecule has 2 aromatic rings. The molecule has 102 valence electrons. The molecule has 1 heterocycles. The van der Waals surface area contributed by atoms with Gasteiger partial charge in [-0.3, -0.25) is 4.79 Å². The molecule has 3 heteroatoms. The van der Waals surface area contributed by atoms with Crippen LogP contribution in [0.25, 0.3) is 11.0 Å². The van der Waals surface area contributed by atoms with E-state index in [1.807, 2.05) is 24.3 Å². The molecule has 3 nitrogen and oxygen atoms in total. The summed E-state index contributed by atoms with van der Waals surface area (Å²) in [5, 5.41) is 4.09. The lowest BCUT2D eigenvalue weighted by Crippen LogP contribution is -2.29. The van der Waals surface area contributed by atoms with Crippen LogP contribution in [0, 0.1) is 5.41 Å². The molecule has 1 aromatic carbocycles. The van der Waals surface area contributed by atoms with Crippen LogP contribution in [0.2, 0.25) is 0 Å². The van der Waals surface area contributed by atoms with Crippen molar-refractivity contribution in [3.8, 4) is 0 Å². The Morgan fingerprint density at radius 2 is 2.00 bits per heavy atom. The first-order valence-corrected chi connectivity index (χ1v) is 6.67. The third kappa shape index (κ3) is 3.85. The Labute approximate surface area is 114 Å². The Morgan fingerprint density at radius 1 is 1.26 bits per heavy atom. The number of nitrogens with one attached hydrogen (secondary N) is 1. The Bertz CT molecular complexity index is 563. The summed E-state index contributed by atoms with van der Waals surface area (Å²) in [6, 6.07) is 7.96. The van der Waals surface area contributed by atoms with Gasteiger partial charge in [-0.25, -0.2) is 0 Å². The fraction of sp³-hybridized carbons (Fsp3) is 0.438. The Kier molecular flexibility index (Phi) is 3.93. The highest BCUT2D eigenvalue weighted by Gasteiger charge is 2.15. The molecular weight excluding hydrogens is 238 g/mol. The topological polar surface area (TPSA) is 42.2 Å². The summed E-state index contributed by atoms with van der Waals surface area (Å²) in [5.41, 5.74) is 2.08. The molecule has 0 spiro atoms. The average molecular weight is 259 g/mol. The Balaban J connectivity index is 1.88. The molecule has 2 rings (SSSR count). The zero-order valence-corrected chi connectivity index (χ0v) is 11.8. The fourth-order valence-corrected chi connectivity index (χ4v) is 2.11. The lowest BCUT2D eigenvalue weighted by Gasteiger charge is -2.17. The number of benzene rings is 1. The van der Waals surface area contributed by atoms with E-state index >= 15 is 0 Å². The molecule has 0 unspecified atom stereocenters. The van der Waals surface area contributed by atoms with E-state index in [9.17, 15) is 4.79 Å². The second-order valence-electron chi connectivity index (χ2n) is 6.09. The molecule has 1 aromatic heterocycles. The third-order valence-electron chi connectivity index (χ3n) is 2.97. The van der Waals surface area contributed by atoms with E-state index in [2.05, 4.69) is 26.1 Å². The van der Waals surface area contributed by atoms with Crippen LogP contribution in [-0.4, -0.2) is 12.5 Å². The van der Waals surface area contributed by atoms with Crippen molar-refractivity contribution < 1.29 is 9.21 Å². The number of hydrogen-bond acceptors (Lipinski definition) is 2. The summed E-state index contributed by atoms with van der Waals surface area (Å²) < 4.78 is 5.47. The molecule has 1 N–H and O–H groups in total. The van der Waals surface area contributed by atoms with E-state index < -0.39 is 0 Å². The standard InChI is InChI=1S/C16H21NO2/c1-16(2,3)10-15(18)17-9-8-12-11-19-14-7-5-4-6-13(12)14/h4-7,11H,8-10H2,1-3H3,(H,17,18). The number of rotatable bonds is 4. The average Bonchev–Trinajstić information content (AvgIpc) is 2.70. The molecule has 0 fully saturated rings. The summed E-state index contributed by atoms with van der Waals surface area (Å²) >= 11 is 0. The Hall–Kier alpha value is -1.77. The van der Waals surface area contributed by atoms with Crippen LogP contribution in [0.3, 0.4) is 0 Å². The number of carbonyl (C=O) groups is 1. The summed E-state index contributed by atoms with van der Waals surface area (Å²) in [6.45, 7) is 6.85. The molecule has 1 amide bonds. The van der Waals surface area contributed by atoms with Gasteiger partial charge >= 0.3 is 0 Å². The molecule has 0 saturated heterocycles. The normalized spacial score (nSPS) is 11.7. The van der Waals surface area contributed by atoms with Gasteiger partial charge in [-0.2, -0.15) is 0 Å². The van der Waals surface area contributed by atoms with Gasteiger partial charge in [-0.15, -0.1) is 0 Å². The van der Waals surface area contributed by atoms with Crippen LogP contribution in [0.5, 0.6) is 0 Å². The highest BCUT2D eigenvalue weighted by atomic mass is 16.3. The molecule has 0 saturated carbocycles. The molecule has 0 aliphatic rings. The van der Waals surface area contributed by atoms with Crippen molar-refractivity contribution in [2.24, 2.45) is 5.41 Å². The number of amides is 1. The molecule has 0 bridgehead atoms. The van der Waals surface area contributed by atoms with Crippen molar-refractivity contribution in [3.63, 3.8) is 0 Å². The van der Waals surface area contributed by atoms with Crippen molar-refractivity contribution in [3.05, 3.63) is 36.1 Å². The molecular formula is C16H21NO2. The van der Waals surface area contributed by atoms with E-state index in [4.69, 9.17) is 4.42 Å². The van der Waals surface area contributed by atoms with Gasteiger partial charge in [0.2, 0.25) is 5.91 Å². The van der Waals surface area contributed by atoms with E-state index in [-0.39, 0.29) is 11.3 Å². The van der Waals surface area contributed by atoms with Crippen LogP contribution in [0.15, 0.2) is 34.9 Å². The summed E-state index contributed by atoms with van der Waals surface area (Å²) in [6.07, 6.45) is 3.13. The van der Waals surface area contributed by atoms with Gasteiger partial charge in [0, 0.05) is 18.4 Å². The number of para-hydroxylation sites is 1. The van der Waals surface area contributed by atoms with E-state index in [0.717, 1.165) is 23.0 Å². The van der Waals surface area contributed by atoms with Gasteiger partial charge in [0.25, 0.3) is 0 Å². The highest BCUT2D eigenvalue weighted by molar-refractivity contribution is 5.81. The first-order chi connectivity index (χ1) is 8.96. The second kappa shape index (κ2) is 5.47. The van der Waals surface area contributed by atoms with Crippen molar-refractivity contribution in [2.45, 2.75) is 33.6 Å². The largest absolute Gasteiger partial charge is 0.464 e. The lowest BCUT2D eigenvalue weighted by atomic mass is 9.92. The van der Waals surface area contributed by atoms with Crippen LogP contribution >= 0.6 is 0 Å². The minimum absolute atomic E-state index is 0.0341. The second-order valence-corrected chi connectivity index (χ2v) is 6.09. The first kappa shape index (κ1) is 13.7. The minimum Gasteiger partial charge on any atom is -0.464 e. The maximum atomic E-state index is 11.7. The summed E-state index contributed by atoms with van der Waals surface area (Å²) in [7, 11) is 0. The number of hydrogen-bond donors (Lipinski definition) is 1. The third-order valence-corrected chi connectivity index (χ3v) is 2.97. The van der Waals surface area contributed by atoms with Crippen molar-refractivity contribution in [1.82, 2.24) is 5.32 Å². The predicted molar refractivity (Wildman–Crippen MR) is 77.0 cm³/mol. The van der Waals surface area contributed by atoms with Crippen molar-refractivity contribution >= 4 is 16.9 Å². The molecule has 0 atom stereocenters. The quantitative estimate of drug-likeness (QED) is 0.912. The monoisotopic (exact) mass is 259 g/mol. The van der Waals surface area contributed by atoms with E-state index in [1.165, 1.54) is 0 Å². The predicted octanol–water partition coefficient (Wildman–Crippen LogP) is 3.53. The summed E-state index contributed by atoms with van der Waals surface area (Å²) in [4.78, 5) is 11.7. The molecule has 19 heavy (non-hydrogen) atoms. The van der Waals surface area contributed by atoms with Gasteiger partial charge < -0.3 is 9.73 Å². The molecule has 0 aliphatic carbocycles.